The molecule has 0 aliphatic heterocycles. The summed E-state index contributed by atoms with van der Waals surface area (Å²) < 4.78 is 1.36. The lowest BCUT2D eigenvalue weighted by Crippen LogP contribution is -2.10. The molecule has 0 aliphatic carbocycles. The Hall–Kier alpha value is -1.55. The first-order valence-corrected chi connectivity index (χ1v) is 4.02. The average molecular weight is 196 g/mol. The van der Waals surface area contributed by atoms with Crippen molar-refractivity contribution in [2.45, 2.75) is 0 Å². The third kappa shape index (κ3) is 1.36. The number of hydrogen-bond donors (Lipinski definition) is 1. The van der Waals surface area contributed by atoms with Crippen LogP contribution in [0.3, 0.4) is 0 Å². The molecule has 0 saturated heterocycles. The molecular weight excluding hydrogens is 190 g/mol. The SMILES string of the molecule is O=C(c1[nH]ccc1Cl)n1ccnc1. The lowest BCUT2D eigenvalue weighted by Gasteiger charge is -1.97. The molecule has 0 fully saturated rings. The Labute approximate surface area is 79.2 Å². The Kier molecular flexibility index (Phi) is 1.90. The van der Waals surface area contributed by atoms with Gasteiger partial charge >= 0.3 is 0 Å². The number of H-pyrrole nitrogens is 1. The highest BCUT2D eigenvalue weighted by atomic mass is 35.5. The third-order valence-corrected chi connectivity index (χ3v) is 1.96. The summed E-state index contributed by atoms with van der Waals surface area (Å²) in [6, 6.07) is 1.63. The predicted octanol–water partition coefficient (Wildman–Crippen LogP) is 1.55. The van der Waals surface area contributed by atoms with Crippen LogP contribution in [-0.4, -0.2) is 20.4 Å². The molecule has 0 atom stereocenters. The zero-order valence-electron chi connectivity index (χ0n) is 6.57. The minimum absolute atomic E-state index is 0.215. The smallest absolute Gasteiger partial charge is 0.281 e. The molecule has 0 saturated carbocycles. The van der Waals surface area contributed by atoms with Crippen LogP contribution in [0.15, 0.2) is 31.0 Å². The first kappa shape index (κ1) is 8.07. The molecule has 13 heavy (non-hydrogen) atoms. The Morgan fingerprint density at radius 2 is 2.46 bits per heavy atom. The minimum Gasteiger partial charge on any atom is -0.356 e. The molecule has 2 aromatic rings. The monoisotopic (exact) mass is 195 g/mol. The first-order chi connectivity index (χ1) is 6.29. The second kappa shape index (κ2) is 3.06. The zero-order valence-corrected chi connectivity index (χ0v) is 7.32. The number of halogens is 1. The molecule has 0 aliphatic rings. The van der Waals surface area contributed by atoms with E-state index in [4.69, 9.17) is 11.6 Å². The van der Waals surface area contributed by atoms with E-state index in [0.29, 0.717) is 10.7 Å². The Bertz CT molecular complexity index is 418. The van der Waals surface area contributed by atoms with E-state index < -0.39 is 0 Å². The van der Waals surface area contributed by atoms with E-state index in [1.165, 1.54) is 17.1 Å². The maximum Gasteiger partial charge on any atom is 0.281 e. The third-order valence-electron chi connectivity index (χ3n) is 1.65. The van der Waals surface area contributed by atoms with Gasteiger partial charge in [0, 0.05) is 18.6 Å². The van der Waals surface area contributed by atoms with Crippen LogP contribution in [0.25, 0.3) is 0 Å². The van der Waals surface area contributed by atoms with Gasteiger partial charge in [0.1, 0.15) is 12.0 Å². The van der Waals surface area contributed by atoms with E-state index in [2.05, 4.69) is 9.97 Å². The number of imidazole rings is 1. The van der Waals surface area contributed by atoms with Gasteiger partial charge in [0.25, 0.3) is 5.91 Å². The number of carbonyl (C=O) groups excluding carboxylic acids is 1. The van der Waals surface area contributed by atoms with E-state index in [-0.39, 0.29) is 5.91 Å². The summed E-state index contributed by atoms with van der Waals surface area (Å²) in [7, 11) is 0. The molecule has 66 valence electrons. The molecule has 0 amide bonds. The van der Waals surface area contributed by atoms with Crippen molar-refractivity contribution in [1.82, 2.24) is 14.5 Å². The van der Waals surface area contributed by atoms with Gasteiger partial charge in [0.2, 0.25) is 0 Å². The average Bonchev–Trinajstić information content (AvgIpc) is 2.72. The number of aromatic amines is 1. The standard InChI is InChI=1S/C8H6ClN3O/c9-6-1-2-11-7(6)8(13)12-4-3-10-5-12/h1-5,11H. The molecule has 0 aromatic carbocycles. The lowest BCUT2D eigenvalue weighted by atomic mass is 10.4. The summed E-state index contributed by atoms with van der Waals surface area (Å²) in [6.45, 7) is 0. The van der Waals surface area contributed by atoms with Crippen molar-refractivity contribution in [2.24, 2.45) is 0 Å². The molecule has 2 rings (SSSR count). The quantitative estimate of drug-likeness (QED) is 0.751. The molecule has 0 spiro atoms. The van der Waals surface area contributed by atoms with Gasteiger partial charge in [0.15, 0.2) is 0 Å². The van der Waals surface area contributed by atoms with Crippen molar-refractivity contribution in [1.29, 1.82) is 0 Å². The Morgan fingerprint density at radius 1 is 1.62 bits per heavy atom. The van der Waals surface area contributed by atoms with E-state index in [1.807, 2.05) is 0 Å². The zero-order chi connectivity index (χ0) is 9.26. The van der Waals surface area contributed by atoms with Crippen LogP contribution in [0.2, 0.25) is 5.02 Å². The van der Waals surface area contributed by atoms with Crippen LogP contribution in [0.1, 0.15) is 10.5 Å². The second-order valence-corrected chi connectivity index (χ2v) is 2.88. The Balaban J connectivity index is 2.39. The lowest BCUT2D eigenvalue weighted by molar-refractivity contribution is 0.0955. The van der Waals surface area contributed by atoms with Gasteiger partial charge in [-0.05, 0) is 6.07 Å². The highest BCUT2D eigenvalue weighted by molar-refractivity contribution is 6.33. The second-order valence-electron chi connectivity index (χ2n) is 2.48. The van der Waals surface area contributed by atoms with Gasteiger partial charge in [-0.2, -0.15) is 0 Å². The van der Waals surface area contributed by atoms with E-state index in [9.17, 15) is 4.79 Å². The van der Waals surface area contributed by atoms with E-state index in [1.54, 1.807) is 18.5 Å². The normalized spacial score (nSPS) is 10.2. The van der Waals surface area contributed by atoms with Crippen LogP contribution in [0, 0.1) is 0 Å². The van der Waals surface area contributed by atoms with Crippen molar-refractivity contribution in [3.05, 3.63) is 41.7 Å². The molecule has 2 heterocycles. The van der Waals surface area contributed by atoms with Crippen LogP contribution in [0.5, 0.6) is 0 Å². The molecule has 1 N–H and O–H groups in total. The molecule has 0 radical (unpaired) electrons. The highest BCUT2D eigenvalue weighted by Gasteiger charge is 2.12. The summed E-state index contributed by atoms with van der Waals surface area (Å²) in [4.78, 5) is 18.1. The largest absolute Gasteiger partial charge is 0.356 e. The van der Waals surface area contributed by atoms with Gasteiger partial charge in [-0.25, -0.2) is 4.98 Å². The molecule has 2 aromatic heterocycles. The van der Waals surface area contributed by atoms with Gasteiger partial charge in [-0.3, -0.25) is 9.36 Å². The fourth-order valence-corrected chi connectivity index (χ4v) is 1.22. The van der Waals surface area contributed by atoms with Crippen molar-refractivity contribution in [3.63, 3.8) is 0 Å². The predicted molar refractivity (Wildman–Crippen MR) is 47.8 cm³/mol. The maximum absolute atomic E-state index is 11.6. The fourth-order valence-electron chi connectivity index (χ4n) is 1.02. The van der Waals surface area contributed by atoms with Crippen LogP contribution in [-0.2, 0) is 0 Å². The number of nitrogens with zero attached hydrogens (tertiary/aromatic N) is 2. The van der Waals surface area contributed by atoms with Crippen LogP contribution in [0.4, 0.5) is 0 Å². The van der Waals surface area contributed by atoms with E-state index in [0.717, 1.165) is 0 Å². The number of rotatable bonds is 1. The highest BCUT2D eigenvalue weighted by Crippen LogP contribution is 2.14. The maximum atomic E-state index is 11.6. The van der Waals surface area contributed by atoms with E-state index >= 15 is 0 Å². The summed E-state index contributed by atoms with van der Waals surface area (Å²) in [5.74, 6) is -0.215. The number of nitrogens with one attached hydrogen (secondary N) is 1. The number of hydrogen-bond acceptors (Lipinski definition) is 2. The first-order valence-electron chi connectivity index (χ1n) is 3.64. The van der Waals surface area contributed by atoms with Crippen molar-refractivity contribution >= 4 is 17.5 Å². The minimum atomic E-state index is -0.215. The van der Waals surface area contributed by atoms with Crippen molar-refractivity contribution < 1.29 is 4.79 Å². The number of aromatic nitrogens is 3. The summed E-state index contributed by atoms with van der Waals surface area (Å²) in [5, 5.41) is 0.415. The van der Waals surface area contributed by atoms with Crippen molar-refractivity contribution in [3.8, 4) is 0 Å². The number of carbonyl (C=O) groups is 1. The van der Waals surface area contributed by atoms with Gasteiger partial charge in [-0.15, -0.1) is 0 Å². The summed E-state index contributed by atoms with van der Waals surface area (Å²) in [5.41, 5.74) is 0.375. The topological polar surface area (TPSA) is 50.7 Å². The molecule has 5 heteroatoms. The summed E-state index contributed by atoms with van der Waals surface area (Å²) >= 11 is 5.77. The Morgan fingerprint density at radius 3 is 3.00 bits per heavy atom. The van der Waals surface area contributed by atoms with Gasteiger partial charge < -0.3 is 4.98 Å². The van der Waals surface area contributed by atoms with Gasteiger partial charge in [0.05, 0.1) is 5.02 Å². The van der Waals surface area contributed by atoms with Gasteiger partial charge in [-0.1, -0.05) is 11.6 Å². The van der Waals surface area contributed by atoms with Crippen LogP contribution < -0.4 is 0 Å². The summed E-state index contributed by atoms with van der Waals surface area (Å²) in [6.07, 6.45) is 6.15. The fraction of sp³-hybridized carbons (Fsp3) is 0. The van der Waals surface area contributed by atoms with Crippen molar-refractivity contribution in [2.75, 3.05) is 0 Å². The molecular formula is C8H6ClN3O. The molecule has 0 bridgehead atoms. The van der Waals surface area contributed by atoms with Crippen LogP contribution >= 0.6 is 11.6 Å². The molecule has 0 unspecified atom stereocenters. The molecule has 4 nitrogen and oxygen atoms in total.